The van der Waals surface area contributed by atoms with Crippen molar-refractivity contribution >= 4 is 6.03 Å². The molecule has 1 saturated heterocycles. The number of hydrogen-bond acceptors (Lipinski definition) is 4. The topological polar surface area (TPSA) is 79.8 Å². The van der Waals surface area contributed by atoms with Crippen LogP contribution in [0.5, 0.6) is 5.75 Å². The van der Waals surface area contributed by atoms with E-state index < -0.39 is 5.60 Å². The summed E-state index contributed by atoms with van der Waals surface area (Å²) in [5, 5.41) is 16.1. The van der Waals surface area contributed by atoms with Crippen LogP contribution in [0.1, 0.15) is 25.3 Å². The quantitative estimate of drug-likeness (QED) is 0.741. The Morgan fingerprint density at radius 3 is 2.61 bits per heavy atom. The van der Waals surface area contributed by atoms with E-state index in [2.05, 4.69) is 10.6 Å². The molecule has 2 amide bonds. The van der Waals surface area contributed by atoms with Gasteiger partial charge in [-0.05, 0) is 37.5 Å². The summed E-state index contributed by atoms with van der Waals surface area (Å²) in [5.41, 5.74) is -0.0239. The van der Waals surface area contributed by atoms with Gasteiger partial charge in [-0.1, -0.05) is 12.1 Å². The molecule has 1 aromatic carbocycles. The van der Waals surface area contributed by atoms with Gasteiger partial charge < -0.3 is 25.2 Å². The van der Waals surface area contributed by atoms with Gasteiger partial charge >= 0.3 is 6.03 Å². The van der Waals surface area contributed by atoms with Gasteiger partial charge in [0.2, 0.25) is 0 Å². The molecule has 0 radical (unpaired) electrons. The zero-order valence-electron chi connectivity index (χ0n) is 13.8. The summed E-state index contributed by atoms with van der Waals surface area (Å²) in [7, 11) is 1.62. The van der Waals surface area contributed by atoms with Gasteiger partial charge in [0.05, 0.1) is 12.7 Å². The number of rotatable bonds is 6. The third kappa shape index (κ3) is 6.08. The zero-order valence-corrected chi connectivity index (χ0v) is 13.8. The fourth-order valence-electron chi connectivity index (χ4n) is 2.59. The normalized spacial score (nSPS) is 18.0. The molecule has 3 N–H and O–H groups in total. The van der Waals surface area contributed by atoms with Crippen molar-refractivity contribution in [3.8, 4) is 5.75 Å². The predicted octanol–water partition coefficient (Wildman–Crippen LogP) is 1.47. The molecule has 23 heavy (non-hydrogen) atoms. The Morgan fingerprint density at radius 2 is 2.00 bits per heavy atom. The van der Waals surface area contributed by atoms with Crippen molar-refractivity contribution in [3.63, 3.8) is 0 Å². The van der Waals surface area contributed by atoms with E-state index in [4.69, 9.17) is 9.47 Å². The third-order valence-corrected chi connectivity index (χ3v) is 3.93. The monoisotopic (exact) mass is 322 g/mol. The van der Waals surface area contributed by atoms with Crippen LogP contribution >= 0.6 is 0 Å². The van der Waals surface area contributed by atoms with Crippen molar-refractivity contribution in [1.82, 2.24) is 10.6 Å². The molecule has 1 aliphatic rings. The summed E-state index contributed by atoms with van der Waals surface area (Å²) in [4.78, 5) is 11.9. The van der Waals surface area contributed by atoms with Crippen molar-refractivity contribution in [1.29, 1.82) is 0 Å². The van der Waals surface area contributed by atoms with Crippen LogP contribution in [0.4, 0.5) is 4.79 Å². The molecule has 0 unspecified atom stereocenters. The number of benzene rings is 1. The van der Waals surface area contributed by atoms with Crippen molar-refractivity contribution < 1.29 is 19.4 Å². The second-order valence-corrected chi connectivity index (χ2v) is 6.24. The van der Waals surface area contributed by atoms with Crippen LogP contribution in [0.3, 0.4) is 0 Å². The summed E-state index contributed by atoms with van der Waals surface area (Å²) in [6.07, 6.45) is 2.11. The van der Waals surface area contributed by atoms with Crippen LogP contribution in [-0.4, -0.2) is 49.6 Å². The second kappa shape index (κ2) is 8.17. The van der Waals surface area contributed by atoms with E-state index in [1.165, 1.54) is 0 Å². The Balaban J connectivity index is 1.76. The molecule has 0 spiro atoms. The molecule has 0 saturated carbocycles. The minimum Gasteiger partial charge on any atom is -0.497 e. The highest BCUT2D eigenvalue weighted by molar-refractivity contribution is 5.74. The first-order chi connectivity index (χ1) is 11.0. The van der Waals surface area contributed by atoms with Crippen LogP contribution in [0, 0.1) is 0 Å². The molecular weight excluding hydrogens is 296 g/mol. The van der Waals surface area contributed by atoms with E-state index in [9.17, 15) is 9.90 Å². The number of aliphatic hydroxyl groups is 1. The molecule has 1 atom stereocenters. The molecule has 0 bridgehead atoms. The first-order valence-corrected chi connectivity index (χ1v) is 7.96. The Hall–Kier alpha value is -1.79. The van der Waals surface area contributed by atoms with Crippen LogP contribution in [-0.2, 0) is 11.2 Å². The SMILES string of the molecule is COc1ccc(C[C@](C)(O)CNC(=O)NC2CCOCC2)cc1. The van der Waals surface area contributed by atoms with Gasteiger partial charge in [0.15, 0.2) is 0 Å². The predicted molar refractivity (Wildman–Crippen MR) is 87.7 cm³/mol. The standard InChI is InChI=1S/C17H26N2O4/c1-17(21,11-13-3-5-15(22-2)6-4-13)12-18-16(20)19-14-7-9-23-10-8-14/h3-6,14,21H,7-12H2,1-2H3,(H2,18,19,20)/t17-/m0/s1. The summed E-state index contributed by atoms with van der Waals surface area (Å²) in [6, 6.07) is 7.44. The molecule has 0 aliphatic carbocycles. The molecule has 128 valence electrons. The molecule has 6 nitrogen and oxygen atoms in total. The summed E-state index contributed by atoms with van der Waals surface area (Å²) >= 11 is 0. The van der Waals surface area contributed by atoms with E-state index in [-0.39, 0.29) is 18.6 Å². The van der Waals surface area contributed by atoms with Crippen LogP contribution in [0.25, 0.3) is 0 Å². The smallest absolute Gasteiger partial charge is 0.315 e. The molecule has 1 heterocycles. The van der Waals surface area contributed by atoms with Gasteiger partial charge in [0.1, 0.15) is 5.75 Å². The maximum Gasteiger partial charge on any atom is 0.315 e. The maximum atomic E-state index is 11.9. The average molecular weight is 322 g/mol. The molecular formula is C17H26N2O4. The van der Waals surface area contributed by atoms with Crippen molar-refractivity contribution in [2.75, 3.05) is 26.9 Å². The van der Waals surface area contributed by atoms with Crippen LogP contribution < -0.4 is 15.4 Å². The number of methoxy groups -OCH3 is 1. The number of hydrogen-bond donors (Lipinski definition) is 3. The van der Waals surface area contributed by atoms with Gasteiger partial charge in [-0.15, -0.1) is 0 Å². The number of amides is 2. The fraction of sp³-hybridized carbons (Fsp3) is 0.588. The first kappa shape index (κ1) is 17.6. The summed E-state index contributed by atoms with van der Waals surface area (Å²) in [5.74, 6) is 0.780. The zero-order chi connectivity index (χ0) is 16.7. The Kier molecular flexibility index (Phi) is 6.24. The Morgan fingerprint density at radius 1 is 1.35 bits per heavy atom. The molecule has 2 rings (SSSR count). The number of urea groups is 1. The highest BCUT2D eigenvalue weighted by Crippen LogP contribution is 2.16. The lowest BCUT2D eigenvalue weighted by Gasteiger charge is -2.26. The van der Waals surface area contributed by atoms with Crippen molar-refractivity contribution in [2.45, 2.75) is 37.8 Å². The first-order valence-electron chi connectivity index (χ1n) is 7.96. The van der Waals surface area contributed by atoms with Gasteiger partial charge in [-0.2, -0.15) is 0 Å². The fourth-order valence-corrected chi connectivity index (χ4v) is 2.59. The van der Waals surface area contributed by atoms with E-state index in [0.717, 1.165) is 24.2 Å². The van der Waals surface area contributed by atoms with E-state index in [1.807, 2.05) is 24.3 Å². The molecule has 1 aliphatic heterocycles. The number of ether oxygens (including phenoxy) is 2. The minimum atomic E-state index is -1.01. The highest BCUT2D eigenvalue weighted by Gasteiger charge is 2.23. The maximum absolute atomic E-state index is 11.9. The van der Waals surface area contributed by atoms with Gasteiger partial charge in [0.25, 0.3) is 0 Å². The van der Waals surface area contributed by atoms with E-state index in [0.29, 0.717) is 19.6 Å². The lowest BCUT2D eigenvalue weighted by Crippen LogP contribution is -2.49. The molecule has 0 aromatic heterocycles. The van der Waals surface area contributed by atoms with Crippen LogP contribution in [0.2, 0.25) is 0 Å². The van der Waals surface area contributed by atoms with Crippen LogP contribution in [0.15, 0.2) is 24.3 Å². The van der Waals surface area contributed by atoms with E-state index in [1.54, 1.807) is 14.0 Å². The largest absolute Gasteiger partial charge is 0.497 e. The highest BCUT2D eigenvalue weighted by atomic mass is 16.5. The van der Waals surface area contributed by atoms with Gasteiger partial charge in [-0.3, -0.25) is 0 Å². The Labute approximate surface area is 137 Å². The number of carbonyl (C=O) groups is 1. The molecule has 1 fully saturated rings. The third-order valence-electron chi connectivity index (χ3n) is 3.93. The average Bonchev–Trinajstić information content (AvgIpc) is 2.54. The van der Waals surface area contributed by atoms with E-state index >= 15 is 0 Å². The summed E-state index contributed by atoms with van der Waals surface area (Å²) in [6.45, 7) is 3.26. The lowest BCUT2D eigenvalue weighted by molar-refractivity contribution is 0.0607. The van der Waals surface area contributed by atoms with Crippen molar-refractivity contribution in [2.24, 2.45) is 0 Å². The molecule has 1 aromatic rings. The number of carbonyl (C=O) groups excluding carboxylic acids is 1. The summed E-state index contributed by atoms with van der Waals surface area (Å²) < 4.78 is 10.4. The number of nitrogens with one attached hydrogen (secondary N) is 2. The Bertz CT molecular complexity index is 496. The molecule has 6 heteroatoms. The van der Waals surface area contributed by atoms with Crippen molar-refractivity contribution in [3.05, 3.63) is 29.8 Å². The van der Waals surface area contributed by atoms with Gasteiger partial charge in [-0.25, -0.2) is 4.79 Å². The second-order valence-electron chi connectivity index (χ2n) is 6.24. The lowest BCUT2D eigenvalue weighted by atomic mass is 9.96. The minimum absolute atomic E-state index is 0.148. The van der Waals surface area contributed by atoms with Gasteiger partial charge in [0, 0.05) is 32.2 Å².